The number of hydrogen-bond acceptors (Lipinski definition) is 7. The fourth-order valence-electron chi connectivity index (χ4n) is 3.60. The zero-order chi connectivity index (χ0) is 23.8. The van der Waals surface area contributed by atoms with Gasteiger partial charge in [-0.3, -0.25) is 0 Å². The number of carbonyl (C=O) groups is 1. The predicted octanol–water partition coefficient (Wildman–Crippen LogP) is 3.63. The zero-order valence-corrected chi connectivity index (χ0v) is 19.6. The maximum Gasteiger partial charge on any atom is 0.344 e. The largest absolute Gasteiger partial charge is 0.454 e. The third-order valence-electron chi connectivity index (χ3n) is 5.34. The Morgan fingerprint density at radius 2 is 1.88 bits per heavy atom. The van der Waals surface area contributed by atoms with Gasteiger partial charge in [0, 0.05) is 26.2 Å². The van der Waals surface area contributed by atoms with Crippen LogP contribution in [0.5, 0.6) is 0 Å². The number of aryl methyl sites for hydroxylation is 2. The number of fused-ring (bicyclic) bond motifs is 1. The van der Waals surface area contributed by atoms with E-state index >= 15 is 0 Å². The molecule has 0 aliphatic heterocycles. The number of esters is 1. The molecular weight excluding hydrogens is 444 g/mol. The van der Waals surface area contributed by atoms with E-state index in [4.69, 9.17) is 9.26 Å². The van der Waals surface area contributed by atoms with Crippen molar-refractivity contribution in [2.45, 2.75) is 31.9 Å². The second-order valence-electron chi connectivity index (χ2n) is 7.61. The number of carbonyl (C=O) groups excluding carboxylic acids is 1. The van der Waals surface area contributed by atoms with E-state index < -0.39 is 16.0 Å². The standard InChI is InChI=1S/C23H24N4O5S/c1-5-27-19-12-11-17(33(29,30)26(3)4)13-18(19)24-20(27)14-31-23(28)21-15(2)32-25-22(21)16-9-7-6-8-10-16/h6-13H,5,14H2,1-4H3. The summed E-state index contributed by atoms with van der Waals surface area (Å²) in [4.78, 5) is 17.6. The molecule has 0 fully saturated rings. The quantitative estimate of drug-likeness (QED) is 0.381. The molecule has 9 nitrogen and oxygen atoms in total. The molecule has 0 saturated carbocycles. The molecule has 0 unspecified atom stereocenters. The monoisotopic (exact) mass is 468 g/mol. The van der Waals surface area contributed by atoms with Crippen LogP contribution in [0.4, 0.5) is 0 Å². The molecule has 0 aliphatic carbocycles. The smallest absolute Gasteiger partial charge is 0.344 e. The van der Waals surface area contributed by atoms with Crippen LogP contribution < -0.4 is 0 Å². The Morgan fingerprint density at radius 3 is 2.55 bits per heavy atom. The highest BCUT2D eigenvalue weighted by molar-refractivity contribution is 7.89. The van der Waals surface area contributed by atoms with Crippen molar-refractivity contribution in [2.24, 2.45) is 0 Å². The van der Waals surface area contributed by atoms with Crippen molar-refractivity contribution in [1.82, 2.24) is 19.0 Å². The number of rotatable bonds is 7. The minimum Gasteiger partial charge on any atom is -0.454 e. The molecule has 4 rings (SSSR count). The first-order chi connectivity index (χ1) is 15.7. The van der Waals surface area contributed by atoms with Crippen LogP contribution in [0.2, 0.25) is 0 Å². The Hall–Kier alpha value is -3.50. The molecule has 33 heavy (non-hydrogen) atoms. The Kier molecular flexibility index (Phi) is 6.05. The van der Waals surface area contributed by atoms with Crippen LogP contribution in [0.1, 0.15) is 28.9 Å². The van der Waals surface area contributed by atoms with Gasteiger partial charge in [-0.25, -0.2) is 22.5 Å². The van der Waals surface area contributed by atoms with Crippen LogP contribution in [0.25, 0.3) is 22.3 Å². The molecule has 172 valence electrons. The van der Waals surface area contributed by atoms with Gasteiger partial charge in [-0.15, -0.1) is 0 Å². The molecule has 0 bridgehead atoms. The van der Waals surface area contributed by atoms with Crippen molar-refractivity contribution in [3.8, 4) is 11.3 Å². The topological polar surface area (TPSA) is 108 Å². The molecule has 0 N–H and O–H groups in total. The summed E-state index contributed by atoms with van der Waals surface area (Å²) in [7, 11) is -0.633. The fraction of sp³-hybridized carbons (Fsp3) is 0.261. The summed E-state index contributed by atoms with van der Waals surface area (Å²) in [6.45, 7) is 4.08. The lowest BCUT2D eigenvalue weighted by atomic mass is 10.1. The lowest BCUT2D eigenvalue weighted by molar-refractivity contribution is 0.0457. The van der Waals surface area contributed by atoms with Gasteiger partial charge >= 0.3 is 5.97 Å². The van der Waals surface area contributed by atoms with E-state index in [9.17, 15) is 13.2 Å². The van der Waals surface area contributed by atoms with Crippen LogP contribution in [0.3, 0.4) is 0 Å². The molecule has 0 amide bonds. The summed E-state index contributed by atoms with van der Waals surface area (Å²) in [6.07, 6.45) is 0. The summed E-state index contributed by atoms with van der Waals surface area (Å²) < 4.78 is 38.8. The SMILES string of the molecule is CCn1c(COC(=O)c2c(-c3ccccc3)noc2C)nc2cc(S(=O)(=O)N(C)C)ccc21. The molecule has 2 aromatic heterocycles. The number of sulfonamides is 1. The highest BCUT2D eigenvalue weighted by Crippen LogP contribution is 2.27. The molecule has 2 aromatic carbocycles. The average Bonchev–Trinajstić information content (AvgIpc) is 3.37. The second kappa shape index (κ2) is 8.80. The Bertz CT molecular complexity index is 1420. The van der Waals surface area contributed by atoms with E-state index in [1.54, 1.807) is 19.1 Å². The van der Waals surface area contributed by atoms with Gasteiger partial charge < -0.3 is 13.8 Å². The Labute approximate surface area is 191 Å². The third kappa shape index (κ3) is 4.14. The average molecular weight is 469 g/mol. The van der Waals surface area contributed by atoms with Gasteiger partial charge in [0.2, 0.25) is 10.0 Å². The van der Waals surface area contributed by atoms with Crippen molar-refractivity contribution in [3.05, 3.63) is 65.7 Å². The molecule has 0 aliphatic rings. The van der Waals surface area contributed by atoms with Gasteiger partial charge in [0.05, 0.1) is 15.9 Å². The summed E-state index contributed by atoms with van der Waals surface area (Å²) >= 11 is 0. The van der Waals surface area contributed by atoms with Crippen LogP contribution in [0, 0.1) is 6.92 Å². The lowest BCUT2D eigenvalue weighted by Gasteiger charge is -2.11. The van der Waals surface area contributed by atoms with Crippen LogP contribution in [-0.4, -0.2) is 47.5 Å². The van der Waals surface area contributed by atoms with Crippen molar-refractivity contribution in [2.75, 3.05) is 14.1 Å². The van der Waals surface area contributed by atoms with Gasteiger partial charge in [-0.2, -0.15) is 0 Å². The molecular formula is C23H24N4O5S. The minimum absolute atomic E-state index is 0.0873. The molecule has 0 saturated heterocycles. The van der Waals surface area contributed by atoms with Crippen LogP contribution >= 0.6 is 0 Å². The highest BCUT2D eigenvalue weighted by atomic mass is 32.2. The van der Waals surface area contributed by atoms with Gasteiger partial charge in [-0.05, 0) is 32.0 Å². The number of nitrogens with zero attached hydrogens (tertiary/aromatic N) is 4. The first kappa shape index (κ1) is 22.7. The molecule has 4 aromatic rings. The van der Waals surface area contributed by atoms with E-state index in [-0.39, 0.29) is 17.1 Å². The highest BCUT2D eigenvalue weighted by Gasteiger charge is 2.24. The van der Waals surface area contributed by atoms with Crippen LogP contribution in [0.15, 0.2) is 57.9 Å². The first-order valence-corrected chi connectivity index (χ1v) is 11.8. The molecule has 10 heteroatoms. The Balaban J connectivity index is 1.63. The van der Waals surface area contributed by atoms with E-state index in [0.29, 0.717) is 29.3 Å². The van der Waals surface area contributed by atoms with Gasteiger partial charge in [0.1, 0.15) is 29.4 Å². The summed E-state index contributed by atoms with van der Waals surface area (Å²) in [5.74, 6) is 0.301. The Morgan fingerprint density at radius 1 is 1.15 bits per heavy atom. The number of imidazole rings is 1. The number of aromatic nitrogens is 3. The van der Waals surface area contributed by atoms with Crippen molar-refractivity contribution in [3.63, 3.8) is 0 Å². The number of benzene rings is 2. The summed E-state index contributed by atoms with van der Waals surface area (Å²) in [6, 6.07) is 14.0. The molecule has 2 heterocycles. The van der Waals surface area contributed by atoms with Crippen molar-refractivity contribution >= 4 is 27.0 Å². The summed E-state index contributed by atoms with van der Waals surface area (Å²) in [5.41, 5.74) is 2.70. The van der Waals surface area contributed by atoms with Crippen molar-refractivity contribution < 1.29 is 22.5 Å². The normalized spacial score (nSPS) is 11.9. The van der Waals surface area contributed by atoms with Crippen LogP contribution in [-0.2, 0) is 27.9 Å². The first-order valence-electron chi connectivity index (χ1n) is 10.3. The van der Waals surface area contributed by atoms with Gasteiger partial charge in [0.15, 0.2) is 0 Å². The molecule has 0 radical (unpaired) electrons. The molecule has 0 spiro atoms. The van der Waals surface area contributed by atoms with E-state index in [2.05, 4.69) is 10.1 Å². The second-order valence-corrected chi connectivity index (χ2v) is 9.77. The number of hydrogen-bond donors (Lipinski definition) is 0. The van der Waals surface area contributed by atoms with E-state index in [1.807, 2.05) is 41.8 Å². The maximum absolute atomic E-state index is 12.9. The number of ether oxygens (including phenoxy) is 1. The van der Waals surface area contributed by atoms with E-state index in [1.165, 1.54) is 20.2 Å². The van der Waals surface area contributed by atoms with Gasteiger partial charge in [0.25, 0.3) is 0 Å². The lowest BCUT2D eigenvalue weighted by Crippen LogP contribution is -2.22. The van der Waals surface area contributed by atoms with E-state index in [0.717, 1.165) is 15.4 Å². The predicted molar refractivity (Wildman–Crippen MR) is 122 cm³/mol. The minimum atomic E-state index is -3.59. The third-order valence-corrected chi connectivity index (χ3v) is 7.15. The van der Waals surface area contributed by atoms with Gasteiger partial charge in [-0.1, -0.05) is 35.5 Å². The molecule has 0 atom stereocenters. The zero-order valence-electron chi connectivity index (χ0n) is 18.8. The summed E-state index contributed by atoms with van der Waals surface area (Å²) in [5, 5.41) is 4.02. The maximum atomic E-state index is 12.9. The fourth-order valence-corrected chi connectivity index (χ4v) is 4.52. The van der Waals surface area contributed by atoms with Crippen molar-refractivity contribution in [1.29, 1.82) is 0 Å².